The van der Waals surface area contributed by atoms with E-state index < -0.39 is 0 Å². The number of amides is 2. The minimum atomic E-state index is -0.309. The molecule has 9 heteroatoms. The van der Waals surface area contributed by atoms with Crippen molar-refractivity contribution in [1.29, 1.82) is 0 Å². The number of carbonyl (C=O) groups is 2. The second-order valence-electron chi connectivity index (χ2n) is 6.25. The van der Waals surface area contributed by atoms with E-state index in [1.807, 2.05) is 12.1 Å². The Morgan fingerprint density at radius 3 is 2.72 bits per heavy atom. The van der Waals surface area contributed by atoms with E-state index in [1.54, 1.807) is 35.7 Å². The normalized spacial score (nSPS) is 11.9. The van der Waals surface area contributed by atoms with Gasteiger partial charge in [-0.1, -0.05) is 23.7 Å². The summed E-state index contributed by atoms with van der Waals surface area (Å²) in [5.41, 5.74) is 1.98. The van der Waals surface area contributed by atoms with Crippen molar-refractivity contribution in [3.8, 4) is 11.5 Å². The first kappa shape index (κ1) is 19.2. The van der Waals surface area contributed by atoms with Crippen LogP contribution in [0.3, 0.4) is 0 Å². The molecule has 0 bridgehead atoms. The fourth-order valence-corrected chi connectivity index (χ4v) is 3.51. The van der Waals surface area contributed by atoms with Gasteiger partial charge in [-0.2, -0.15) is 0 Å². The predicted molar refractivity (Wildman–Crippen MR) is 110 cm³/mol. The number of thiazole rings is 1. The molecule has 7 nitrogen and oxygen atoms in total. The average molecular weight is 430 g/mol. The number of hydrogen-bond acceptors (Lipinski definition) is 6. The summed E-state index contributed by atoms with van der Waals surface area (Å²) in [6, 6.07) is 12.2. The Morgan fingerprint density at radius 2 is 1.90 bits per heavy atom. The molecule has 0 aliphatic carbocycles. The first-order valence-electron chi connectivity index (χ1n) is 8.73. The van der Waals surface area contributed by atoms with E-state index in [9.17, 15) is 9.59 Å². The number of ether oxygens (including phenoxy) is 2. The molecule has 0 radical (unpaired) electrons. The maximum Gasteiger partial charge on any atom is 0.257 e. The standard InChI is InChI=1S/C20H16ClN3O4S/c21-14-4-1-12(2-5-14)9-22-18(25)8-15-10-29-20(23-15)24-19(26)13-3-6-16-17(7-13)28-11-27-16/h1-7,10H,8-9,11H2,(H,22,25)(H,23,24,26). The molecule has 1 aromatic heterocycles. The van der Waals surface area contributed by atoms with Crippen LogP contribution in [0.4, 0.5) is 5.13 Å². The fourth-order valence-electron chi connectivity index (χ4n) is 2.68. The highest BCUT2D eigenvalue weighted by atomic mass is 35.5. The van der Waals surface area contributed by atoms with Crippen LogP contribution in [-0.4, -0.2) is 23.6 Å². The molecule has 0 saturated carbocycles. The number of fused-ring (bicyclic) bond motifs is 1. The van der Waals surface area contributed by atoms with Crippen LogP contribution in [0.2, 0.25) is 5.02 Å². The Kier molecular flexibility index (Phi) is 5.64. The first-order valence-corrected chi connectivity index (χ1v) is 9.99. The molecule has 0 spiro atoms. The molecule has 2 N–H and O–H groups in total. The summed E-state index contributed by atoms with van der Waals surface area (Å²) in [5, 5.41) is 8.39. The number of nitrogens with one attached hydrogen (secondary N) is 2. The lowest BCUT2D eigenvalue weighted by Gasteiger charge is -2.04. The molecule has 1 aliphatic rings. The Balaban J connectivity index is 1.30. The Morgan fingerprint density at radius 1 is 1.10 bits per heavy atom. The monoisotopic (exact) mass is 429 g/mol. The van der Waals surface area contributed by atoms with Gasteiger partial charge < -0.3 is 14.8 Å². The van der Waals surface area contributed by atoms with E-state index in [0.717, 1.165) is 5.56 Å². The van der Waals surface area contributed by atoms with Crippen molar-refractivity contribution in [3.63, 3.8) is 0 Å². The summed E-state index contributed by atoms with van der Waals surface area (Å²) in [6.07, 6.45) is 0.129. The summed E-state index contributed by atoms with van der Waals surface area (Å²) in [5.74, 6) is 0.688. The molecule has 0 atom stereocenters. The maximum atomic E-state index is 12.4. The quantitative estimate of drug-likeness (QED) is 0.624. The Hall–Kier alpha value is -3.10. The molecule has 0 fully saturated rings. The first-order chi connectivity index (χ1) is 14.1. The highest BCUT2D eigenvalue weighted by molar-refractivity contribution is 7.14. The highest BCUT2D eigenvalue weighted by Gasteiger charge is 2.17. The molecular formula is C20H16ClN3O4S. The molecule has 0 saturated heterocycles. The van der Waals surface area contributed by atoms with Gasteiger partial charge in [-0.15, -0.1) is 11.3 Å². The molecular weight excluding hydrogens is 414 g/mol. The van der Waals surface area contributed by atoms with Crippen molar-refractivity contribution < 1.29 is 19.1 Å². The number of hydrogen-bond donors (Lipinski definition) is 2. The Labute approximate surface area is 175 Å². The third kappa shape index (κ3) is 4.85. The van der Waals surface area contributed by atoms with Crippen molar-refractivity contribution in [2.24, 2.45) is 0 Å². The lowest BCUT2D eigenvalue weighted by atomic mass is 10.2. The molecule has 3 aromatic rings. The molecule has 4 rings (SSSR count). The van der Waals surface area contributed by atoms with Crippen LogP contribution < -0.4 is 20.1 Å². The predicted octanol–water partition coefficient (Wildman–Crippen LogP) is 3.64. The Bertz CT molecular complexity index is 1050. The summed E-state index contributed by atoms with van der Waals surface area (Å²) in [7, 11) is 0. The maximum absolute atomic E-state index is 12.4. The number of benzene rings is 2. The third-order valence-electron chi connectivity index (χ3n) is 4.15. The van der Waals surface area contributed by atoms with E-state index >= 15 is 0 Å². The van der Waals surface area contributed by atoms with Gasteiger partial charge in [0.05, 0.1) is 12.1 Å². The van der Waals surface area contributed by atoms with Crippen molar-refractivity contribution in [3.05, 3.63) is 69.7 Å². The largest absolute Gasteiger partial charge is 0.454 e. The van der Waals surface area contributed by atoms with Crippen LogP contribution in [0.5, 0.6) is 11.5 Å². The molecule has 2 heterocycles. The van der Waals surface area contributed by atoms with E-state index in [2.05, 4.69) is 15.6 Å². The summed E-state index contributed by atoms with van der Waals surface area (Å²) >= 11 is 7.11. The van der Waals surface area contributed by atoms with E-state index in [-0.39, 0.29) is 25.0 Å². The van der Waals surface area contributed by atoms with Crippen LogP contribution in [-0.2, 0) is 17.8 Å². The van der Waals surface area contributed by atoms with Gasteiger partial charge in [-0.3, -0.25) is 14.9 Å². The van der Waals surface area contributed by atoms with Gasteiger partial charge in [-0.05, 0) is 35.9 Å². The zero-order valence-electron chi connectivity index (χ0n) is 15.1. The van der Waals surface area contributed by atoms with Crippen LogP contribution in [0.15, 0.2) is 47.8 Å². The number of aromatic nitrogens is 1. The van der Waals surface area contributed by atoms with Crippen LogP contribution in [0.25, 0.3) is 0 Å². The molecule has 148 valence electrons. The molecule has 29 heavy (non-hydrogen) atoms. The zero-order chi connectivity index (χ0) is 20.2. The second kappa shape index (κ2) is 8.50. The van der Waals surface area contributed by atoms with E-state index in [4.69, 9.17) is 21.1 Å². The fraction of sp³-hybridized carbons (Fsp3) is 0.150. The smallest absolute Gasteiger partial charge is 0.257 e. The lowest BCUT2D eigenvalue weighted by molar-refractivity contribution is -0.120. The number of rotatable bonds is 6. The van der Waals surface area contributed by atoms with Gasteiger partial charge in [0.2, 0.25) is 12.7 Å². The average Bonchev–Trinajstić information content (AvgIpc) is 3.36. The number of carbonyl (C=O) groups excluding carboxylic acids is 2. The van der Waals surface area contributed by atoms with Crippen molar-refractivity contribution in [1.82, 2.24) is 10.3 Å². The minimum absolute atomic E-state index is 0.129. The van der Waals surface area contributed by atoms with E-state index in [1.165, 1.54) is 11.3 Å². The number of halogens is 1. The zero-order valence-corrected chi connectivity index (χ0v) is 16.7. The van der Waals surface area contributed by atoms with Crippen LogP contribution in [0, 0.1) is 0 Å². The van der Waals surface area contributed by atoms with Crippen molar-refractivity contribution in [2.45, 2.75) is 13.0 Å². The molecule has 2 aromatic carbocycles. The summed E-state index contributed by atoms with van der Waals surface area (Å²) < 4.78 is 10.5. The highest BCUT2D eigenvalue weighted by Crippen LogP contribution is 2.32. The second-order valence-corrected chi connectivity index (χ2v) is 7.54. The third-order valence-corrected chi connectivity index (χ3v) is 5.21. The van der Waals surface area contributed by atoms with Gasteiger partial charge in [0.25, 0.3) is 5.91 Å². The lowest BCUT2D eigenvalue weighted by Crippen LogP contribution is -2.24. The van der Waals surface area contributed by atoms with Gasteiger partial charge in [0.1, 0.15) is 0 Å². The van der Waals surface area contributed by atoms with Gasteiger partial charge in [0.15, 0.2) is 16.6 Å². The van der Waals surface area contributed by atoms with Crippen molar-refractivity contribution in [2.75, 3.05) is 12.1 Å². The molecule has 1 aliphatic heterocycles. The summed E-state index contributed by atoms with van der Waals surface area (Å²) in [6.45, 7) is 0.560. The van der Waals surface area contributed by atoms with E-state index in [0.29, 0.717) is 39.5 Å². The number of nitrogens with zero attached hydrogens (tertiary/aromatic N) is 1. The minimum Gasteiger partial charge on any atom is -0.454 e. The SMILES string of the molecule is O=C(Cc1csc(NC(=O)c2ccc3c(c2)OCO3)n1)NCc1ccc(Cl)cc1. The molecule has 2 amide bonds. The molecule has 0 unspecified atom stereocenters. The number of anilines is 1. The van der Waals surface area contributed by atoms with Gasteiger partial charge in [-0.25, -0.2) is 4.98 Å². The van der Waals surface area contributed by atoms with Crippen LogP contribution in [0.1, 0.15) is 21.6 Å². The van der Waals surface area contributed by atoms with Gasteiger partial charge >= 0.3 is 0 Å². The van der Waals surface area contributed by atoms with Crippen molar-refractivity contribution >= 4 is 39.9 Å². The summed E-state index contributed by atoms with van der Waals surface area (Å²) in [4.78, 5) is 28.8. The van der Waals surface area contributed by atoms with Gasteiger partial charge in [0, 0.05) is 22.5 Å². The topological polar surface area (TPSA) is 89.6 Å². The van der Waals surface area contributed by atoms with Crippen LogP contribution >= 0.6 is 22.9 Å².